The van der Waals surface area contributed by atoms with Crippen LogP contribution in [-0.4, -0.2) is 56.3 Å². The average molecular weight is 375 g/mol. The first-order valence-electron chi connectivity index (χ1n) is 9.85. The summed E-state index contributed by atoms with van der Waals surface area (Å²) < 4.78 is 4.80. The Morgan fingerprint density at radius 3 is 2.52 bits per heavy atom. The number of carbonyl (C=O) groups excluding carboxylic acids is 1. The van der Waals surface area contributed by atoms with Gasteiger partial charge in [0.25, 0.3) is 0 Å². The van der Waals surface area contributed by atoms with Gasteiger partial charge in [-0.1, -0.05) is 44.2 Å². The van der Waals surface area contributed by atoms with Gasteiger partial charge >= 0.3 is 6.09 Å². The van der Waals surface area contributed by atoms with Crippen LogP contribution in [0.4, 0.5) is 4.79 Å². The van der Waals surface area contributed by atoms with E-state index in [-0.39, 0.29) is 11.5 Å². The fraction of sp³-hybridized carbons (Fsp3) is 0.619. The lowest BCUT2D eigenvalue weighted by Gasteiger charge is -2.32. The molecule has 0 aliphatic carbocycles. The van der Waals surface area contributed by atoms with Crippen molar-refractivity contribution < 1.29 is 9.53 Å². The van der Waals surface area contributed by atoms with E-state index in [2.05, 4.69) is 55.7 Å². The van der Waals surface area contributed by atoms with Crippen molar-refractivity contribution in [3.05, 3.63) is 35.9 Å². The first kappa shape index (κ1) is 21.1. The number of nitrogens with one attached hydrogen (secondary N) is 2. The molecule has 1 fully saturated rings. The average Bonchev–Trinajstić information content (AvgIpc) is 2.67. The molecular formula is C21H34N4O2. The van der Waals surface area contributed by atoms with Crippen LogP contribution < -0.4 is 10.6 Å². The van der Waals surface area contributed by atoms with E-state index >= 15 is 0 Å². The van der Waals surface area contributed by atoms with Gasteiger partial charge in [-0.3, -0.25) is 4.99 Å². The lowest BCUT2D eigenvalue weighted by molar-refractivity contribution is 0.111. The second kappa shape index (κ2) is 10.2. The molecule has 1 aromatic carbocycles. The first-order chi connectivity index (χ1) is 12.9. The molecule has 0 atom stereocenters. The molecule has 0 saturated carbocycles. The fourth-order valence-corrected chi connectivity index (χ4v) is 3.35. The number of amides is 1. The van der Waals surface area contributed by atoms with Crippen molar-refractivity contribution in [2.45, 2.75) is 46.1 Å². The molecule has 0 unspecified atom stereocenters. The monoisotopic (exact) mass is 374 g/mol. The Hall–Kier alpha value is -2.24. The molecule has 150 valence electrons. The van der Waals surface area contributed by atoms with Crippen molar-refractivity contribution in [1.82, 2.24) is 15.5 Å². The number of benzene rings is 1. The number of guanidine groups is 1. The fourth-order valence-electron chi connectivity index (χ4n) is 3.35. The van der Waals surface area contributed by atoms with Crippen LogP contribution in [0.1, 0.15) is 39.2 Å². The van der Waals surface area contributed by atoms with Crippen molar-refractivity contribution in [1.29, 1.82) is 0 Å². The minimum absolute atomic E-state index is 0.0813. The van der Waals surface area contributed by atoms with Gasteiger partial charge in [0.1, 0.15) is 0 Å². The van der Waals surface area contributed by atoms with E-state index in [0.717, 1.165) is 38.3 Å². The maximum atomic E-state index is 11.6. The van der Waals surface area contributed by atoms with Gasteiger partial charge in [-0.25, -0.2) is 4.79 Å². The summed E-state index contributed by atoms with van der Waals surface area (Å²) in [6.07, 6.45) is 2.55. The quantitative estimate of drug-likeness (QED) is 0.593. The van der Waals surface area contributed by atoms with Gasteiger partial charge in [0.05, 0.1) is 7.11 Å². The maximum absolute atomic E-state index is 11.6. The Bertz CT molecular complexity index is 608. The molecule has 0 spiro atoms. The molecule has 1 aliphatic heterocycles. The molecular weight excluding hydrogens is 340 g/mol. The summed E-state index contributed by atoms with van der Waals surface area (Å²) in [5.41, 5.74) is 1.42. The van der Waals surface area contributed by atoms with Crippen LogP contribution in [0.15, 0.2) is 35.3 Å². The third kappa shape index (κ3) is 7.12. The topological polar surface area (TPSA) is 66.0 Å². The summed E-state index contributed by atoms with van der Waals surface area (Å²) >= 11 is 0. The predicted octanol–water partition coefficient (Wildman–Crippen LogP) is 3.04. The minimum Gasteiger partial charge on any atom is -0.453 e. The molecule has 1 heterocycles. The number of nitrogens with zero attached hydrogens (tertiary/aromatic N) is 2. The highest BCUT2D eigenvalue weighted by Gasteiger charge is 2.24. The smallest absolute Gasteiger partial charge is 0.409 e. The van der Waals surface area contributed by atoms with Crippen LogP contribution in [0.25, 0.3) is 0 Å². The van der Waals surface area contributed by atoms with Gasteiger partial charge in [0.15, 0.2) is 5.96 Å². The number of likely N-dealkylation sites (tertiary alicyclic amines) is 1. The van der Waals surface area contributed by atoms with Crippen LogP contribution in [0.5, 0.6) is 0 Å². The zero-order valence-electron chi connectivity index (χ0n) is 17.1. The van der Waals surface area contributed by atoms with Crippen molar-refractivity contribution in [3.8, 4) is 0 Å². The van der Waals surface area contributed by atoms with Gasteiger partial charge in [-0.05, 0) is 37.2 Å². The zero-order chi connectivity index (χ0) is 19.7. The molecule has 0 aromatic heterocycles. The summed E-state index contributed by atoms with van der Waals surface area (Å²) in [6.45, 7) is 9.58. The van der Waals surface area contributed by atoms with E-state index in [1.807, 2.05) is 6.07 Å². The molecule has 2 rings (SSSR count). The Morgan fingerprint density at radius 2 is 1.93 bits per heavy atom. The largest absolute Gasteiger partial charge is 0.453 e. The molecule has 1 aliphatic rings. The zero-order valence-corrected chi connectivity index (χ0v) is 17.1. The number of rotatable bonds is 6. The SMILES string of the molecule is CCNC(=NCC(C)(C)Cc1ccccc1)NC1CCN(C(=O)OC)CC1. The third-order valence-electron chi connectivity index (χ3n) is 4.80. The van der Waals surface area contributed by atoms with Crippen LogP contribution in [0, 0.1) is 5.41 Å². The third-order valence-corrected chi connectivity index (χ3v) is 4.80. The van der Waals surface area contributed by atoms with Gasteiger partial charge in [0, 0.05) is 32.2 Å². The Labute approximate surface area is 163 Å². The highest BCUT2D eigenvalue weighted by Crippen LogP contribution is 2.22. The standard InChI is InChI=1S/C21H34N4O2/c1-5-22-19(24-18-11-13-25(14-12-18)20(26)27-4)23-16-21(2,3)15-17-9-7-6-8-10-17/h6-10,18H,5,11-16H2,1-4H3,(H2,22,23,24). The maximum Gasteiger partial charge on any atom is 0.409 e. The van der Waals surface area contributed by atoms with Crippen molar-refractivity contribution in [2.24, 2.45) is 10.4 Å². The van der Waals surface area contributed by atoms with Crippen molar-refractivity contribution in [2.75, 3.05) is 33.3 Å². The van der Waals surface area contributed by atoms with E-state index in [1.165, 1.54) is 12.7 Å². The molecule has 1 aromatic rings. The molecule has 2 N–H and O–H groups in total. The summed E-state index contributed by atoms with van der Waals surface area (Å²) in [5, 5.41) is 6.88. The second-order valence-electron chi connectivity index (χ2n) is 7.90. The van der Waals surface area contributed by atoms with E-state index in [4.69, 9.17) is 9.73 Å². The normalized spacial score (nSPS) is 16.1. The van der Waals surface area contributed by atoms with E-state index in [0.29, 0.717) is 19.1 Å². The van der Waals surface area contributed by atoms with E-state index < -0.39 is 0 Å². The van der Waals surface area contributed by atoms with Crippen molar-refractivity contribution >= 4 is 12.1 Å². The Morgan fingerprint density at radius 1 is 1.26 bits per heavy atom. The molecule has 1 saturated heterocycles. The summed E-state index contributed by atoms with van der Waals surface area (Å²) in [6, 6.07) is 10.9. The molecule has 0 bridgehead atoms. The Kier molecular flexibility index (Phi) is 7.95. The number of piperidine rings is 1. The molecule has 1 amide bonds. The van der Waals surface area contributed by atoms with E-state index in [1.54, 1.807) is 4.90 Å². The summed E-state index contributed by atoms with van der Waals surface area (Å²) in [5.74, 6) is 0.857. The first-order valence-corrected chi connectivity index (χ1v) is 9.85. The molecule has 27 heavy (non-hydrogen) atoms. The van der Waals surface area contributed by atoms with Gasteiger partial charge in [-0.15, -0.1) is 0 Å². The van der Waals surface area contributed by atoms with Gasteiger partial charge < -0.3 is 20.3 Å². The molecule has 6 heteroatoms. The predicted molar refractivity (Wildman–Crippen MR) is 110 cm³/mol. The summed E-state index contributed by atoms with van der Waals surface area (Å²) in [4.78, 5) is 18.2. The number of ether oxygens (including phenoxy) is 1. The van der Waals surface area contributed by atoms with Crippen molar-refractivity contribution in [3.63, 3.8) is 0 Å². The molecule has 0 radical (unpaired) electrons. The van der Waals surface area contributed by atoms with Crippen LogP contribution in [-0.2, 0) is 11.2 Å². The lowest BCUT2D eigenvalue weighted by Crippen LogP contribution is -2.50. The highest BCUT2D eigenvalue weighted by molar-refractivity contribution is 5.80. The second-order valence-corrected chi connectivity index (χ2v) is 7.90. The number of hydrogen-bond acceptors (Lipinski definition) is 3. The van der Waals surface area contributed by atoms with Crippen LogP contribution in [0.2, 0.25) is 0 Å². The number of hydrogen-bond donors (Lipinski definition) is 2. The lowest BCUT2D eigenvalue weighted by atomic mass is 9.86. The van der Waals surface area contributed by atoms with E-state index in [9.17, 15) is 4.79 Å². The Balaban J connectivity index is 1.89. The van der Waals surface area contributed by atoms with Gasteiger partial charge in [0.2, 0.25) is 0 Å². The van der Waals surface area contributed by atoms with Crippen LogP contribution in [0.3, 0.4) is 0 Å². The number of carbonyl (C=O) groups is 1. The van der Waals surface area contributed by atoms with Crippen LogP contribution >= 0.6 is 0 Å². The summed E-state index contributed by atoms with van der Waals surface area (Å²) in [7, 11) is 1.43. The highest BCUT2D eigenvalue weighted by atomic mass is 16.5. The minimum atomic E-state index is -0.239. The number of aliphatic imine (C=N–C) groups is 1. The molecule has 6 nitrogen and oxygen atoms in total. The number of methoxy groups -OCH3 is 1. The van der Waals surface area contributed by atoms with Gasteiger partial charge in [-0.2, -0.15) is 0 Å².